The lowest BCUT2D eigenvalue weighted by atomic mass is 10.1. The van der Waals surface area contributed by atoms with Gasteiger partial charge in [0.2, 0.25) is 11.8 Å². The molecule has 0 radical (unpaired) electrons. The highest BCUT2D eigenvalue weighted by Gasteiger charge is 2.35. The molecule has 2 amide bonds. The van der Waals surface area contributed by atoms with E-state index in [1.807, 2.05) is 18.2 Å². The third-order valence-electron chi connectivity index (χ3n) is 4.81. The van der Waals surface area contributed by atoms with E-state index in [0.717, 1.165) is 5.39 Å². The summed E-state index contributed by atoms with van der Waals surface area (Å²) in [6, 6.07) is 12.9. The van der Waals surface area contributed by atoms with E-state index < -0.39 is 5.92 Å². The zero-order valence-electron chi connectivity index (χ0n) is 15.2. The topological polar surface area (TPSA) is 71.5 Å². The molecule has 0 saturated carbocycles. The minimum atomic E-state index is -0.512. The number of fused-ring (bicyclic) bond motifs is 1. The van der Waals surface area contributed by atoms with E-state index in [4.69, 9.17) is 4.74 Å². The van der Waals surface area contributed by atoms with Crippen molar-refractivity contribution < 1.29 is 18.7 Å². The van der Waals surface area contributed by atoms with Crippen molar-refractivity contribution in [3.8, 4) is 5.75 Å². The molecule has 1 aliphatic heterocycles. The molecule has 1 unspecified atom stereocenters. The molecule has 1 aliphatic rings. The maximum atomic E-state index is 13.1. The number of anilines is 2. The van der Waals surface area contributed by atoms with Gasteiger partial charge in [-0.2, -0.15) is 0 Å². The highest BCUT2D eigenvalue weighted by molar-refractivity contribution is 6.06. The van der Waals surface area contributed by atoms with Gasteiger partial charge in [0.05, 0.1) is 24.2 Å². The molecule has 1 aromatic heterocycles. The van der Waals surface area contributed by atoms with Crippen LogP contribution in [-0.2, 0) is 9.59 Å². The van der Waals surface area contributed by atoms with Gasteiger partial charge in [0.15, 0.2) is 0 Å². The van der Waals surface area contributed by atoms with Crippen molar-refractivity contribution in [1.29, 1.82) is 0 Å². The SMILES string of the molecule is COc1cc(NC(=O)C2CC(=O)N(c3ccc(F)cc3)C2)c2ncccc2c1. The van der Waals surface area contributed by atoms with E-state index in [2.05, 4.69) is 10.3 Å². The highest BCUT2D eigenvalue weighted by atomic mass is 19.1. The fourth-order valence-electron chi connectivity index (χ4n) is 3.37. The average Bonchev–Trinajstić information content (AvgIpc) is 3.10. The lowest BCUT2D eigenvalue weighted by molar-refractivity contribution is -0.122. The van der Waals surface area contributed by atoms with Crippen LogP contribution in [-0.4, -0.2) is 30.5 Å². The predicted octanol–water partition coefficient (Wildman–Crippen LogP) is 3.37. The Labute approximate surface area is 160 Å². The molecule has 7 heteroatoms. The summed E-state index contributed by atoms with van der Waals surface area (Å²) in [4.78, 5) is 31.0. The summed E-state index contributed by atoms with van der Waals surface area (Å²) < 4.78 is 18.4. The summed E-state index contributed by atoms with van der Waals surface area (Å²) in [6.45, 7) is 0.242. The van der Waals surface area contributed by atoms with Crippen LogP contribution < -0.4 is 15.0 Å². The molecule has 1 fully saturated rings. The Balaban J connectivity index is 1.55. The van der Waals surface area contributed by atoms with Crippen LogP contribution in [0, 0.1) is 11.7 Å². The molecule has 1 saturated heterocycles. The summed E-state index contributed by atoms with van der Waals surface area (Å²) in [5.74, 6) is -0.714. The van der Waals surface area contributed by atoms with E-state index in [0.29, 0.717) is 22.6 Å². The van der Waals surface area contributed by atoms with Gasteiger partial charge in [0, 0.05) is 36.3 Å². The van der Waals surface area contributed by atoms with Gasteiger partial charge >= 0.3 is 0 Å². The molecule has 2 aromatic carbocycles. The van der Waals surface area contributed by atoms with Crippen molar-refractivity contribution in [2.75, 3.05) is 23.9 Å². The molecule has 28 heavy (non-hydrogen) atoms. The number of methoxy groups -OCH3 is 1. The van der Waals surface area contributed by atoms with Crippen molar-refractivity contribution in [2.24, 2.45) is 5.92 Å². The second-order valence-electron chi connectivity index (χ2n) is 6.62. The van der Waals surface area contributed by atoms with Gasteiger partial charge in [0.25, 0.3) is 0 Å². The number of carbonyl (C=O) groups is 2. The summed E-state index contributed by atoms with van der Waals surface area (Å²) in [6.07, 6.45) is 1.75. The standard InChI is InChI=1S/C21H18FN3O3/c1-28-17-9-13-3-2-8-23-20(13)18(11-17)24-21(27)14-10-19(26)25(12-14)16-6-4-15(22)5-7-16/h2-9,11,14H,10,12H2,1H3,(H,24,27). The number of nitrogens with zero attached hydrogens (tertiary/aromatic N) is 2. The van der Waals surface area contributed by atoms with Crippen molar-refractivity contribution in [3.63, 3.8) is 0 Å². The number of halogens is 1. The number of carbonyl (C=O) groups excluding carboxylic acids is 2. The Kier molecular flexibility index (Phi) is 4.65. The smallest absolute Gasteiger partial charge is 0.229 e. The minimum Gasteiger partial charge on any atom is -0.497 e. The fourth-order valence-corrected chi connectivity index (χ4v) is 3.37. The molecule has 142 valence electrons. The van der Waals surface area contributed by atoms with Gasteiger partial charge < -0.3 is 15.0 Å². The van der Waals surface area contributed by atoms with Crippen LogP contribution >= 0.6 is 0 Å². The predicted molar refractivity (Wildman–Crippen MR) is 104 cm³/mol. The van der Waals surface area contributed by atoms with E-state index in [1.165, 1.54) is 29.2 Å². The molecule has 6 nitrogen and oxygen atoms in total. The molecule has 2 heterocycles. The van der Waals surface area contributed by atoms with Gasteiger partial charge in [-0.1, -0.05) is 6.07 Å². The fraction of sp³-hybridized carbons (Fsp3) is 0.190. The van der Waals surface area contributed by atoms with Gasteiger partial charge in [-0.05, 0) is 36.4 Å². The van der Waals surface area contributed by atoms with E-state index in [9.17, 15) is 14.0 Å². The van der Waals surface area contributed by atoms with E-state index in [1.54, 1.807) is 19.4 Å². The Morgan fingerprint density at radius 2 is 2.04 bits per heavy atom. The lowest BCUT2D eigenvalue weighted by Gasteiger charge is -2.17. The number of rotatable bonds is 4. The van der Waals surface area contributed by atoms with Crippen LogP contribution in [0.4, 0.5) is 15.8 Å². The monoisotopic (exact) mass is 379 g/mol. The number of hydrogen-bond acceptors (Lipinski definition) is 4. The van der Waals surface area contributed by atoms with Crippen LogP contribution in [0.2, 0.25) is 0 Å². The van der Waals surface area contributed by atoms with Crippen LogP contribution in [0.15, 0.2) is 54.7 Å². The Morgan fingerprint density at radius 3 is 2.79 bits per heavy atom. The molecule has 3 aromatic rings. The summed E-state index contributed by atoms with van der Waals surface area (Å²) in [5.41, 5.74) is 1.76. The van der Waals surface area contributed by atoms with Gasteiger partial charge in [-0.25, -0.2) is 4.39 Å². The summed E-state index contributed by atoms with van der Waals surface area (Å²) in [5, 5.41) is 3.72. The van der Waals surface area contributed by atoms with Crippen molar-refractivity contribution in [2.45, 2.75) is 6.42 Å². The van der Waals surface area contributed by atoms with Crippen LogP contribution in [0.25, 0.3) is 10.9 Å². The zero-order valence-corrected chi connectivity index (χ0v) is 15.2. The Bertz CT molecular complexity index is 1050. The number of benzene rings is 2. The van der Waals surface area contributed by atoms with Crippen LogP contribution in [0.3, 0.4) is 0 Å². The molecular weight excluding hydrogens is 361 g/mol. The maximum Gasteiger partial charge on any atom is 0.229 e. The average molecular weight is 379 g/mol. The maximum absolute atomic E-state index is 13.1. The molecule has 1 N–H and O–H groups in total. The largest absolute Gasteiger partial charge is 0.497 e. The normalized spacial score (nSPS) is 16.4. The molecular formula is C21H18FN3O3. The number of hydrogen-bond donors (Lipinski definition) is 1. The van der Waals surface area contributed by atoms with Gasteiger partial charge in [0.1, 0.15) is 11.6 Å². The van der Waals surface area contributed by atoms with E-state index >= 15 is 0 Å². The number of nitrogens with one attached hydrogen (secondary N) is 1. The first-order chi connectivity index (χ1) is 13.5. The number of aromatic nitrogens is 1. The van der Waals surface area contributed by atoms with Crippen LogP contribution in [0.5, 0.6) is 5.75 Å². The number of pyridine rings is 1. The van der Waals surface area contributed by atoms with Gasteiger partial charge in [-0.15, -0.1) is 0 Å². The second kappa shape index (κ2) is 7.26. The first-order valence-corrected chi connectivity index (χ1v) is 8.84. The quantitative estimate of drug-likeness (QED) is 0.754. The first kappa shape index (κ1) is 17.9. The summed E-state index contributed by atoms with van der Waals surface area (Å²) >= 11 is 0. The van der Waals surface area contributed by atoms with E-state index in [-0.39, 0.29) is 30.6 Å². The zero-order chi connectivity index (χ0) is 19.7. The number of ether oxygens (including phenoxy) is 1. The van der Waals surface area contributed by atoms with Crippen molar-refractivity contribution >= 4 is 34.1 Å². The lowest BCUT2D eigenvalue weighted by Crippen LogP contribution is -2.28. The Morgan fingerprint density at radius 1 is 1.25 bits per heavy atom. The molecule has 0 bridgehead atoms. The van der Waals surface area contributed by atoms with Crippen molar-refractivity contribution in [3.05, 3.63) is 60.5 Å². The van der Waals surface area contributed by atoms with Gasteiger partial charge in [-0.3, -0.25) is 14.6 Å². The van der Waals surface area contributed by atoms with Crippen LogP contribution in [0.1, 0.15) is 6.42 Å². The molecule has 1 atom stereocenters. The summed E-state index contributed by atoms with van der Waals surface area (Å²) in [7, 11) is 1.55. The molecule has 4 rings (SSSR count). The van der Waals surface area contributed by atoms with Crippen molar-refractivity contribution in [1.82, 2.24) is 4.98 Å². The second-order valence-corrected chi connectivity index (χ2v) is 6.62. The molecule has 0 aliphatic carbocycles. The highest BCUT2D eigenvalue weighted by Crippen LogP contribution is 2.30. The third-order valence-corrected chi connectivity index (χ3v) is 4.81. The third kappa shape index (κ3) is 3.38. The number of amides is 2. The Hall–Kier alpha value is -3.48. The minimum absolute atomic E-state index is 0.0958. The molecule has 0 spiro atoms. The first-order valence-electron chi connectivity index (χ1n) is 8.84.